The standard InChI is InChI=1S/C14H17N3O3.ClH/c1-18-7-6-13-16-14(20-17-13)11-4-2-3-5-12(11)19-10-8-15-9-10;/h2-5,10,15H,6-9H2,1H3;1H. The molecule has 0 spiro atoms. The van der Waals surface area contributed by atoms with Crippen LogP contribution in [0.15, 0.2) is 28.8 Å². The van der Waals surface area contributed by atoms with Crippen LogP contribution in [-0.4, -0.2) is 43.1 Å². The molecule has 0 saturated carbocycles. The van der Waals surface area contributed by atoms with Crippen molar-refractivity contribution in [2.24, 2.45) is 0 Å². The molecule has 0 unspecified atom stereocenters. The third-order valence-electron chi connectivity index (χ3n) is 3.15. The average molecular weight is 312 g/mol. The number of para-hydroxylation sites is 1. The Kier molecular flexibility index (Phi) is 5.55. The third kappa shape index (κ3) is 3.72. The zero-order valence-corrected chi connectivity index (χ0v) is 12.6. The van der Waals surface area contributed by atoms with E-state index in [9.17, 15) is 0 Å². The minimum atomic E-state index is 0. The van der Waals surface area contributed by atoms with E-state index < -0.39 is 0 Å². The maximum Gasteiger partial charge on any atom is 0.261 e. The van der Waals surface area contributed by atoms with Gasteiger partial charge in [0.2, 0.25) is 0 Å². The van der Waals surface area contributed by atoms with Crippen molar-refractivity contribution < 1.29 is 14.0 Å². The SMILES string of the molecule is COCCc1noc(-c2ccccc2OC2CNC2)n1.Cl. The molecular weight excluding hydrogens is 294 g/mol. The van der Waals surface area contributed by atoms with Crippen molar-refractivity contribution in [3.63, 3.8) is 0 Å². The number of methoxy groups -OCH3 is 1. The smallest absolute Gasteiger partial charge is 0.261 e. The van der Waals surface area contributed by atoms with Gasteiger partial charge in [-0.05, 0) is 12.1 Å². The van der Waals surface area contributed by atoms with E-state index in [2.05, 4.69) is 15.5 Å². The van der Waals surface area contributed by atoms with Gasteiger partial charge in [0.05, 0.1) is 12.2 Å². The number of nitrogens with zero attached hydrogens (tertiary/aromatic N) is 2. The number of hydrogen-bond acceptors (Lipinski definition) is 6. The fourth-order valence-electron chi connectivity index (χ4n) is 1.93. The lowest BCUT2D eigenvalue weighted by atomic mass is 10.2. The molecule has 0 aliphatic carbocycles. The van der Waals surface area contributed by atoms with Crippen molar-refractivity contribution in [2.45, 2.75) is 12.5 Å². The van der Waals surface area contributed by atoms with Crippen LogP contribution >= 0.6 is 12.4 Å². The Bertz CT molecular complexity index is 572. The molecule has 1 aliphatic rings. The summed E-state index contributed by atoms with van der Waals surface area (Å²) >= 11 is 0. The van der Waals surface area contributed by atoms with Crippen LogP contribution in [0.1, 0.15) is 5.82 Å². The Balaban J connectivity index is 0.00000161. The number of aromatic nitrogens is 2. The first-order valence-corrected chi connectivity index (χ1v) is 6.65. The van der Waals surface area contributed by atoms with Gasteiger partial charge in [-0.2, -0.15) is 4.98 Å². The molecule has 6 nitrogen and oxygen atoms in total. The molecule has 2 heterocycles. The molecule has 0 atom stereocenters. The largest absolute Gasteiger partial charge is 0.487 e. The summed E-state index contributed by atoms with van der Waals surface area (Å²) in [7, 11) is 1.65. The topological polar surface area (TPSA) is 69.4 Å². The van der Waals surface area contributed by atoms with Gasteiger partial charge < -0.3 is 19.3 Å². The minimum absolute atomic E-state index is 0. The molecule has 2 aromatic rings. The number of nitrogens with one attached hydrogen (secondary N) is 1. The summed E-state index contributed by atoms with van der Waals surface area (Å²) in [6, 6.07) is 7.72. The van der Waals surface area contributed by atoms with Crippen LogP contribution in [0.2, 0.25) is 0 Å². The number of benzene rings is 1. The van der Waals surface area contributed by atoms with E-state index >= 15 is 0 Å². The molecule has 0 amide bonds. The summed E-state index contributed by atoms with van der Waals surface area (Å²) in [4.78, 5) is 4.38. The Morgan fingerprint density at radius 1 is 1.33 bits per heavy atom. The monoisotopic (exact) mass is 311 g/mol. The van der Waals surface area contributed by atoms with E-state index in [1.165, 1.54) is 0 Å². The van der Waals surface area contributed by atoms with Crippen molar-refractivity contribution in [3.8, 4) is 17.2 Å². The van der Waals surface area contributed by atoms with Gasteiger partial charge in [0.15, 0.2) is 5.82 Å². The predicted molar refractivity (Wildman–Crippen MR) is 79.8 cm³/mol. The lowest BCUT2D eigenvalue weighted by Crippen LogP contribution is -2.50. The molecule has 1 fully saturated rings. The van der Waals surface area contributed by atoms with Gasteiger partial charge >= 0.3 is 0 Å². The first-order valence-electron chi connectivity index (χ1n) is 6.65. The molecule has 3 rings (SSSR count). The van der Waals surface area contributed by atoms with Gasteiger partial charge in [-0.1, -0.05) is 17.3 Å². The third-order valence-corrected chi connectivity index (χ3v) is 3.15. The molecule has 114 valence electrons. The number of hydrogen-bond donors (Lipinski definition) is 1. The zero-order valence-electron chi connectivity index (χ0n) is 11.7. The van der Waals surface area contributed by atoms with Gasteiger partial charge in [0, 0.05) is 26.6 Å². The quantitative estimate of drug-likeness (QED) is 0.875. The fourth-order valence-corrected chi connectivity index (χ4v) is 1.93. The van der Waals surface area contributed by atoms with Crippen LogP contribution in [0.4, 0.5) is 0 Å². The maximum absolute atomic E-state index is 5.91. The van der Waals surface area contributed by atoms with Gasteiger partial charge in [-0.3, -0.25) is 0 Å². The van der Waals surface area contributed by atoms with Gasteiger partial charge in [-0.15, -0.1) is 12.4 Å². The molecule has 1 aromatic heterocycles. The first-order chi connectivity index (χ1) is 9.86. The summed E-state index contributed by atoms with van der Waals surface area (Å²) < 4.78 is 16.2. The van der Waals surface area contributed by atoms with Crippen molar-refractivity contribution in [1.29, 1.82) is 0 Å². The fraction of sp³-hybridized carbons (Fsp3) is 0.429. The Morgan fingerprint density at radius 2 is 2.14 bits per heavy atom. The van der Waals surface area contributed by atoms with E-state index in [0.29, 0.717) is 24.7 Å². The van der Waals surface area contributed by atoms with Crippen molar-refractivity contribution in [1.82, 2.24) is 15.5 Å². The Labute approximate surface area is 129 Å². The minimum Gasteiger partial charge on any atom is -0.487 e. The number of ether oxygens (including phenoxy) is 2. The molecule has 0 bridgehead atoms. The second kappa shape index (κ2) is 7.40. The molecule has 1 N–H and O–H groups in total. The van der Waals surface area contributed by atoms with Gasteiger partial charge in [0.25, 0.3) is 5.89 Å². The summed E-state index contributed by atoms with van der Waals surface area (Å²) in [5, 5.41) is 7.13. The molecule has 1 aliphatic heterocycles. The van der Waals surface area contributed by atoms with Crippen molar-refractivity contribution in [3.05, 3.63) is 30.1 Å². The lowest BCUT2D eigenvalue weighted by molar-refractivity contribution is 0.142. The Hall–Kier alpha value is -1.63. The van der Waals surface area contributed by atoms with E-state index in [4.69, 9.17) is 14.0 Å². The second-order valence-electron chi connectivity index (χ2n) is 4.65. The van der Waals surface area contributed by atoms with Crippen molar-refractivity contribution in [2.75, 3.05) is 26.8 Å². The molecule has 21 heavy (non-hydrogen) atoms. The summed E-state index contributed by atoms with van der Waals surface area (Å²) in [5.74, 6) is 1.90. The predicted octanol–water partition coefficient (Wildman–Crippen LogP) is 1.70. The normalized spacial score (nSPS) is 14.3. The van der Waals surface area contributed by atoms with Gasteiger partial charge in [0.1, 0.15) is 11.9 Å². The molecule has 7 heteroatoms. The second-order valence-corrected chi connectivity index (χ2v) is 4.65. The highest BCUT2D eigenvalue weighted by molar-refractivity contribution is 5.85. The number of rotatable bonds is 6. The lowest BCUT2D eigenvalue weighted by Gasteiger charge is -2.28. The average Bonchev–Trinajstić information content (AvgIpc) is 2.90. The van der Waals surface area contributed by atoms with E-state index in [1.807, 2.05) is 24.3 Å². The van der Waals surface area contributed by atoms with E-state index in [0.717, 1.165) is 24.4 Å². The van der Waals surface area contributed by atoms with Crippen LogP contribution in [-0.2, 0) is 11.2 Å². The van der Waals surface area contributed by atoms with Crippen LogP contribution in [0, 0.1) is 0 Å². The Morgan fingerprint density at radius 3 is 2.86 bits per heavy atom. The van der Waals surface area contributed by atoms with Crippen LogP contribution in [0.25, 0.3) is 11.5 Å². The van der Waals surface area contributed by atoms with Gasteiger partial charge in [-0.25, -0.2) is 0 Å². The summed E-state index contributed by atoms with van der Waals surface area (Å²) in [5.41, 5.74) is 0.829. The van der Waals surface area contributed by atoms with Crippen LogP contribution < -0.4 is 10.1 Å². The summed E-state index contributed by atoms with van der Waals surface area (Å²) in [6.45, 7) is 2.32. The van der Waals surface area contributed by atoms with E-state index in [1.54, 1.807) is 7.11 Å². The maximum atomic E-state index is 5.91. The first kappa shape index (κ1) is 15.8. The number of halogens is 1. The zero-order chi connectivity index (χ0) is 13.8. The highest BCUT2D eigenvalue weighted by Crippen LogP contribution is 2.29. The highest BCUT2D eigenvalue weighted by atomic mass is 35.5. The van der Waals surface area contributed by atoms with E-state index in [-0.39, 0.29) is 18.5 Å². The highest BCUT2D eigenvalue weighted by Gasteiger charge is 2.21. The molecule has 1 saturated heterocycles. The molecule has 1 aromatic carbocycles. The van der Waals surface area contributed by atoms with Crippen LogP contribution in [0.5, 0.6) is 5.75 Å². The molecular formula is C14H18ClN3O3. The van der Waals surface area contributed by atoms with Crippen molar-refractivity contribution >= 4 is 12.4 Å². The summed E-state index contributed by atoms with van der Waals surface area (Å²) in [6.07, 6.45) is 0.849. The van der Waals surface area contributed by atoms with Crippen LogP contribution in [0.3, 0.4) is 0 Å². The molecule has 0 radical (unpaired) electrons.